The summed E-state index contributed by atoms with van der Waals surface area (Å²) in [7, 11) is 2.35. The van der Waals surface area contributed by atoms with Gasteiger partial charge in [0, 0.05) is 18.7 Å². The maximum absolute atomic E-state index is 11.3. The van der Waals surface area contributed by atoms with Crippen LogP contribution in [-0.2, 0) is 20.9 Å². The fourth-order valence-corrected chi connectivity index (χ4v) is 2.34. The van der Waals surface area contributed by atoms with Crippen molar-refractivity contribution in [3.63, 3.8) is 0 Å². The molecule has 2 heterocycles. The summed E-state index contributed by atoms with van der Waals surface area (Å²) < 4.78 is 13.8. The third-order valence-electron chi connectivity index (χ3n) is 3.89. The lowest BCUT2D eigenvalue weighted by Gasteiger charge is -2.13. The van der Waals surface area contributed by atoms with Gasteiger partial charge in [0.1, 0.15) is 0 Å². The number of ether oxygens (including phenoxy) is 1. The van der Waals surface area contributed by atoms with Crippen LogP contribution in [0.15, 0.2) is 36.7 Å². The van der Waals surface area contributed by atoms with E-state index >= 15 is 0 Å². The SMILES string of the molecule is CC1OC1=O.CF.CNCc1cnc(-c2ccc(C(O)CNC(=O)C(Cl)Cl)cc2)cn1. The van der Waals surface area contributed by atoms with E-state index in [1.807, 2.05) is 19.2 Å². The number of benzene rings is 1. The van der Waals surface area contributed by atoms with E-state index in [-0.39, 0.29) is 18.6 Å². The number of hydrogen-bond donors (Lipinski definition) is 3. The van der Waals surface area contributed by atoms with E-state index in [0.29, 0.717) is 19.3 Å². The number of aromatic nitrogens is 2. The quantitative estimate of drug-likeness (QED) is 0.416. The average Bonchev–Trinajstić information content (AvgIpc) is 3.45. The number of aliphatic hydroxyl groups excluding tert-OH is 1. The number of epoxide rings is 1. The molecule has 0 radical (unpaired) electrons. The molecule has 1 aliphatic heterocycles. The molecule has 0 bridgehead atoms. The number of cyclic esters (lactones) is 1. The van der Waals surface area contributed by atoms with E-state index in [2.05, 4.69) is 25.3 Å². The number of carbonyl (C=O) groups excluding carboxylic acids is 2. The summed E-state index contributed by atoms with van der Waals surface area (Å²) in [6.45, 7) is 2.42. The summed E-state index contributed by atoms with van der Waals surface area (Å²) in [5, 5.41) is 15.5. The third-order valence-corrected chi connectivity index (χ3v) is 4.29. The lowest BCUT2D eigenvalue weighted by atomic mass is 10.1. The van der Waals surface area contributed by atoms with Crippen LogP contribution < -0.4 is 10.6 Å². The molecule has 1 fully saturated rings. The smallest absolute Gasteiger partial charge is 0.347 e. The van der Waals surface area contributed by atoms with Crippen LogP contribution in [0.4, 0.5) is 4.39 Å². The molecule has 0 aliphatic carbocycles. The van der Waals surface area contributed by atoms with E-state index in [4.69, 9.17) is 23.2 Å². The van der Waals surface area contributed by atoms with E-state index in [9.17, 15) is 19.1 Å². The standard InChI is InChI=1S/C16H18Cl2N4O2.C3H4O2.CH3F/c1-19-6-12-7-21-13(8-20-12)10-2-4-11(5-3-10)14(23)9-22-16(24)15(17)18;1-2-3(4)5-2;1-2/h2-5,7-8,14-15,19,23H,6,9H2,1H3,(H,22,24);2H,1H3;1H3. The predicted molar refractivity (Wildman–Crippen MR) is 116 cm³/mol. The van der Waals surface area contributed by atoms with Crippen molar-refractivity contribution in [2.75, 3.05) is 20.8 Å². The van der Waals surface area contributed by atoms with Crippen LogP contribution in [0.2, 0.25) is 0 Å². The van der Waals surface area contributed by atoms with E-state index in [1.165, 1.54) is 0 Å². The Hall–Kier alpha value is -2.33. The fourth-order valence-electron chi connectivity index (χ4n) is 2.18. The van der Waals surface area contributed by atoms with Crippen molar-refractivity contribution in [2.45, 2.75) is 30.5 Å². The topological polar surface area (TPSA) is 117 Å². The van der Waals surface area contributed by atoms with Gasteiger partial charge < -0.3 is 20.5 Å². The highest BCUT2D eigenvalue weighted by molar-refractivity contribution is 6.53. The van der Waals surface area contributed by atoms with Gasteiger partial charge in [0.05, 0.1) is 37.1 Å². The monoisotopic (exact) mass is 474 g/mol. The first-order chi connectivity index (χ1) is 14.8. The average molecular weight is 475 g/mol. The summed E-state index contributed by atoms with van der Waals surface area (Å²) in [5.74, 6) is -0.615. The number of halogens is 3. The first-order valence-corrected chi connectivity index (χ1v) is 10.1. The van der Waals surface area contributed by atoms with Crippen LogP contribution in [0.25, 0.3) is 11.3 Å². The number of carbonyl (C=O) groups is 2. The molecule has 1 aromatic carbocycles. The number of nitrogens with one attached hydrogen (secondary N) is 2. The molecule has 8 nitrogen and oxygen atoms in total. The van der Waals surface area contributed by atoms with Crippen LogP contribution in [0.5, 0.6) is 0 Å². The third kappa shape index (κ3) is 9.56. The second-order valence-corrected chi connectivity index (χ2v) is 7.28. The lowest BCUT2D eigenvalue weighted by Crippen LogP contribution is -2.32. The van der Waals surface area contributed by atoms with Crippen molar-refractivity contribution in [2.24, 2.45) is 0 Å². The van der Waals surface area contributed by atoms with Crippen molar-refractivity contribution < 1.29 is 23.8 Å². The van der Waals surface area contributed by atoms with Crippen molar-refractivity contribution >= 4 is 35.1 Å². The van der Waals surface area contributed by atoms with Crippen molar-refractivity contribution in [1.82, 2.24) is 20.6 Å². The van der Waals surface area contributed by atoms with Gasteiger partial charge in [0.2, 0.25) is 0 Å². The van der Waals surface area contributed by atoms with E-state index in [0.717, 1.165) is 17.0 Å². The van der Waals surface area contributed by atoms with Gasteiger partial charge >= 0.3 is 5.97 Å². The molecule has 2 unspecified atom stereocenters. The number of amides is 1. The van der Waals surface area contributed by atoms with E-state index in [1.54, 1.807) is 31.5 Å². The van der Waals surface area contributed by atoms with Crippen LogP contribution in [0.3, 0.4) is 0 Å². The van der Waals surface area contributed by atoms with Crippen molar-refractivity contribution in [1.29, 1.82) is 0 Å². The summed E-state index contributed by atoms with van der Waals surface area (Å²) >= 11 is 10.9. The fraction of sp³-hybridized carbons (Fsp3) is 0.400. The first kappa shape index (κ1) is 26.7. The van der Waals surface area contributed by atoms with Gasteiger partial charge in [-0.2, -0.15) is 0 Å². The van der Waals surface area contributed by atoms with Gasteiger partial charge in [0.15, 0.2) is 10.9 Å². The second-order valence-electron chi connectivity index (χ2n) is 6.19. The summed E-state index contributed by atoms with van der Waals surface area (Å²) in [6, 6.07) is 7.23. The molecule has 11 heteroatoms. The molecule has 31 heavy (non-hydrogen) atoms. The molecular weight excluding hydrogens is 450 g/mol. The van der Waals surface area contributed by atoms with Gasteiger partial charge in [-0.15, -0.1) is 0 Å². The van der Waals surface area contributed by atoms with E-state index < -0.39 is 16.8 Å². The molecule has 1 aliphatic rings. The Balaban J connectivity index is 0.000000589. The molecule has 2 aromatic rings. The normalized spacial score (nSPS) is 15.0. The molecule has 3 N–H and O–H groups in total. The number of nitrogens with zero attached hydrogens (tertiary/aromatic N) is 2. The minimum atomic E-state index is -1.15. The highest BCUT2D eigenvalue weighted by Crippen LogP contribution is 2.20. The highest BCUT2D eigenvalue weighted by atomic mass is 35.5. The second kappa shape index (κ2) is 13.9. The molecule has 1 amide bonds. The molecule has 170 valence electrons. The Bertz CT molecular complexity index is 823. The zero-order valence-corrected chi connectivity index (χ0v) is 18.8. The minimum Gasteiger partial charge on any atom is -0.448 e. The molecule has 2 atom stereocenters. The van der Waals surface area contributed by atoms with Crippen molar-refractivity contribution in [3.05, 3.63) is 47.9 Å². The summed E-state index contributed by atoms with van der Waals surface area (Å²) in [4.78, 5) is 28.5. The first-order valence-electron chi connectivity index (χ1n) is 9.20. The Kier molecular flexibility index (Phi) is 11.9. The molecule has 3 rings (SSSR count). The van der Waals surface area contributed by atoms with Crippen LogP contribution in [0.1, 0.15) is 24.3 Å². The maximum atomic E-state index is 11.3. The van der Waals surface area contributed by atoms with Gasteiger partial charge in [-0.25, -0.2) is 4.79 Å². The maximum Gasteiger partial charge on any atom is 0.347 e. The molecule has 0 spiro atoms. The van der Waals surface area contributed by atoms with Gasteiger partial charge in [-0.1, -0.05) is 47.5 Å². The number of hydrogen-bond acceptors (Lipinski definition) is 7. The van der Waals surface area contributed by atoms with Gasteiger partial charge in [0.25, 0.3) is 5.91 Å². The van der Waals surface area contributed by atoms with Gasteiger partial charge in [-0.3, -0.25) is 19.2 Å². The molecular formula is C20H25Cl2FN4O4. The lowest BCUT2D eigenvalue weighted by molar-refractivity contribution is -0.120. The van der Waals surface area contributed by atoms with Crippen LogP contribution in [-0.4, -0.2) is 58.7 Å². The minimum absolute atomic E-state index is 0.0344. The molecule has 0 saturated carbocycles. The Labute approximate surface area is 190 Å². The van der Waals surface area contributed by atoms with Gasteiger partial charge in [-0.05, 0) is 19.5 Å². The number of alkyl halides is 3. The zero-order chi connectivity index (χ0) is 23.4. The predicted octanol–water partition coefficient (Wildman–Crippen LogP) is 2.33. The Morgan fingerprint density at radius 2 is 1.81 bits per heavy atom. The van der Waals surface area contributed by atoms with Crippen LogP contribution in [0, 0.1) is 0 Å². The zero-order valence-electron chi connectivity index (χ0n) is 17.3. The highest BCUT2D eigenvalue weighted by Gasteiger charge is 2.31. The van der Waals surface area contributed by atoms with Crippen LogP contribution >= 0.6 is 23.2 Å². The van der Waals surface area contributed by atoms with Crippen molar-refractivity contribution in [3.8, 4) is 11.3 Å². The molecule has 1 saturated heterocycles. The summed E-state index contributed by atoms with van der Waals surface area (Å²) in [5.41, 5.74) is 3.16. The number of rotatable bonds is 7. The molecule has 1 aromatic heterocycles. The number of aliphatic hydroxyl groups is 1. The summed E-state index contributed by atoms with van der Waals surface area (Å²) in [6.07, 6.45) is 2.49. The largest absolute Gasteiger partial charge is 0.448 e. The Morgan fingerprint density at radius 3 is 2.23 bits per heavy atom. The Morgan fingerprint density at radius 1 is 1.23 bits per heavy atom.